The van der Waals surface area contributed by atoms with Crippen molar-refractivity contribution < 1.29 is 5.11 Å². The van der Waals surface area contributed by atoms with E-state index in [2.05, 4.69) is 40.2 Å². The highest BCUT2D eigenvalue weighted by Crippen LogP contribution is 2.35. The monoisotopic (exact) mass is 429 g/mol. The number of aliphatic hydroxyl groups excluding tert-OH is 1. The summed E-state index contributed by atoms with van der Waals surface area (Å²) in [6.07, 6.45) is 0.779. The lowest BCUT2D eigenvalue weighted by atomic mass is 10.0. The normalized spacial score (nSPS) is 13.4. The molecule has 2 unspecified atom stereocenters. The summed E-state index contributed by atoms with van der Waals surface area (Å²) in [6, 6.07) is 9.44. The minimum Gasteiger partial charge on any atom is -0.394 e. The number of aromatic nitrogens is 3. The molecule has 0 radical (unpaired) electrons. The molecule has 0 bridgehead atoms. The molecule has 0 spiro atoms. The molecule has 0 aliphatic heterocycles. The highest BCUT2D eigenvalue weighted by atomic mass is 32.2. The number of thiazole rings is 1. The van der Waals surface area contributed by atoms with E-state index in [1.54, 1.807) is 6.07 Å². The van der Waals surface area contributed by atoms with Gasteiger partial charge in [0.25, 0.3) is 0 Å². The van der Waals surface area contributed by atoms with Gasteiger partial charge in [0.1, 0.15) is 4.70 Å². The van der Waals surface area contributed by atoms with Gasteiger partial charge in [-0.05, 0) is 37.0 Å². The van der Waals surface area contributed by atoms with E-state index in [9.17, 15) is 9.90 Å². The van der Waals surface area contributed by atoms with Crippen molar-refractivity contribution in [1.29, 1.82) is 5.26 Å². The van der Waals surface area contributed by atoms with E-state index in [-0.39, 0.29) is 22.8 Å². The summed E-state index contributed by atoms with van der Waals surface area (Å²) in [7, 11) is 0. The van der Waals surface area contributed by atoms with Crippen molar-refractivity contribution in [3.63, 3.8) is 0 Å². The van der Waals surface area contributed by atoms with Crippen LogP contribution in [0, 0.1) is 17.2 Å². The molecule has 0 aliphatic carbocycles. The Bertz CT molecular complexity index is 1090. The van der Waals surface area contributed by atoms with Gasteiger partial charge in [0.15, 0.2) is 16.6 Å². The minimum absolute atomic E-state index is 0.0169. The van der Waals surface area contributed by atoms with E-state index in [0.717, 1.165) is 23.3 Å². The number of benzene rings is 1. The molecule has 9 heteroatoms. The quantitative estimate of drug-likeness (QED) is 0.367. The average molecular weight is 430 g/mol. The topological polar surface area (TPSA) is 115 Å². The van der Waals surface area contributed by atoms with Gasteiger partial charge in [-0.25, -0.2) is 9.97 Å². The lowest BCUT2D eigenvalue weighted by Gasteiger charge is -2.19. The second-order valence-corrected chi connectivity index (χ2v) is 9.49. The molecular formula is C20H23N5O2S2. The molecule has 0 saturated carbocycles. The van der Waals surface area contributed by atoms with Crippen LogP contribution in [0.25, 0.3) is 10.3 Å². The number of aliphatic hydroxyl groups is 1. The van der Waals surface area contributed by atoms with E-state index in [4.69, 9.17) is 5.26 Å². The second-order valence-electron chi connectivity index (χ2n) is 7.20. The molecule has 7 nitrogen and oxygen atoms in total. The van der Waals surface area contributed by atoms with Crippen molar-refractivity contribution in [3.05, 3.63) is 45.1 Å². The van der Waals surface area contributed by atoms with Crippen LogP contribution in [0.1, 0.15) is 43.6 Å². The Morgan fingerprint density at radius 3 is 2.83 bits per heavy atom. The molecule has 0 fully saturated rings. The lowest BCUT2D eigenvalue weighted by molar-refractivity contribution is 0.259. The van der Waals surface area contributed by atoms with Crippen molar-refractivity contribution in [2.75, 3.05) is 11.9 Å². The summed E-state index contributed by atoms with van der Waals surface area (Å²) in [5.74, 6) is 0.960. The van der Waals surface area contributed by atoms with Gasteiger partial charge in [0.2, 0.25) is 0 Å². The fourth-order valence-corrected chi connectivity index (χ4v) is 4.62. The number of thioether (sulfide) groups is 1. The van der Waals surface area contributed by atoms with Crippen LogP contribution in [0.4, 0.5) is 5.82 Å². The molecule has 152 valence electrons. The third-order valence-corrected chi connectivity index (χ3v) is 6.24. The molecule has 0 aliphatic rings. The molecule has 0 amide bonds. The van der Waals surface area contributed by atoms with Crippen LogP contribution >= 0.6 is 23.1 Å². The summed E-state index contributed by atoms with van der Waals surface area (Å²) in [6.45, 7) is 6.18. The molecule has 3 N–H and O–H groups in total. The van der Waals surface area contributed by atoms with Crippen molar-refractivity contribution in [3.8, 4) is 6.07 Å². The lowest BCUT2D eigenvalue weighted by Crippen LogP contribution is -2.26. The number of nitrogens with one attached hydrogen (secondary N) is 2. The average Bonchev–Trinajstić information content (AvgIpc) is 3.07. The third kappa shape index (κ3) is 5.35. The molecule has 2 aromatic heterocycles. The summed E-state index contributed by atoms with van der Waals surface area (Å²) >= 11 is 2.50. The largest absolute Gasteiger partial charge is 0.394 e. The maximum absolute atomic E-state index is 11.9. The van der Waals surface area contributed by atoms with Gasteiger partial charge >= 0.3 is 4.87 Å². The van der Waals surface area contributed by atoms with E-state index < -0.39 is 0 Å². The summed E-state index contributed by atoms with van der Waals surface area (Å²) in [5, 5.41) is 22.7. The van der Waals surface area contributed by atoms with Crippen molar-refractivity contribution in [2.24, 2.45) is 5.92 Å². The van der Waals surface area contributed by atoms with Crippen molar-refractivity contribution in [2.45, 2.75) is 43.6 Å². The smallest absolute Gasteiger partial charge is 0.306 e. The third-order valence-electron chi connectivity index (χ3n) is 4.34. The van der Waals surface area contributed by atoms with E-state index in [0.29, 0.717) is 32.8 Å². The molecule has 29 heavy (non-hydrogen) atoms. The number of H-pyrrole nitrogens is 1. The van der Waals surface area contributed by atoms with Crippen LogP contribution in [-0.2, 0) is 0 Å². The molecule has 3 rings (SSSR count). The highest BCUT2D eigenvalue weighted by Gasteiger charge is 2.18. The van der Waals surface area contributed by atoms with Gasteiger partial charge < -0.3 is 10.4 Å². The Morgan fingerprint density at radius 1 is 1.34 bits per heavy atom. The molecule has 1 aromatic carbocycles. The zero-order chi connectivity index (χ0) is 21.0. The number of fused-ring (bicyclic) bond motifs is 1. The molecule has 2 heterocycles. The number of hydrogen-bond acceptors (Lipinski definition) is 8. The number of anilines is 1. The zero-order valence-electron chi connectivity index (χ0n) is 16.5. The van der Waals surface area contributed by atoms with E-state index >= 15 is 0 Å². The minimum atomic E-state index is -0.196. The Labute approximate surface area is 177 Å². The van der Waals surface area contributed by atoms with Crippen LogP contribution in [0.5, 0.6) is 0 Å². The number of aromatic amines is 1. The maximum Gasteiger partial charge on any atom is 0.306 e. The Morgan fingerprint density at radius 2 is 2.14 bits per heavy atom. The predicted molar refractivity (Wildman–Crippen MR) is 117 cm³/mol. The van der Waals surface area contributed by atoms with Crippen LogP contribution in [0.2, 0.25) is 0 Å². The van der Waals surface area contributed by atoms with Gasteiger partial charge in [0, 0.05) is 5.25 Å². The number of nitriles is 1. The first-order valence-electron chi connectivity index (χ1n) is 9.34. The molecular weight excluding hydrogens is 406 g/mol. The fourth-order valence-electron chi connectivity index (χ4n) is 3.01. The van der Waals surface area contributed by atoms with Crippen LogP contribution in [0.15, 0.2) is 34.2 Å². The van der Waals surface area contributed by atoms with Gasteiger partial charge in [-0.15, -0.1) is 0 Å². The summed E-state index contributed by atoms with van der Waals surface area (Å²) in [5.41, 5.74) is 2.09. The number of rotatable bonds is 8. The fraction of sp³-hybridized carbons (Fsp3) is 0.400. The first kappa shape index (κ1) is 21.3. The first-order chi connectivity index (χ1) is 13.9. The SMILES string of the molecule is CC(C)CC(CO)Nc1nc(SC(C)c2cccc(C#N)c2)nc2[nH]c(=O)sc12. The van der Waals surface area contributed by atoms with Gasteiger partial charge in [-0.3, -0.25) is 9.78 Å². The van der Waals surface area contributed by atoms with E-state index in [1.807, 2.05) is 25.1 Å². The Balaban J connectivity index is 1.92. The first-order valence-corrected chi connectivity index (χ1v) is 11.0. The van der Waals surface area contributed by atoms with Crippen molar-refractivity contribution in [1.82, 2.24) is 15.0 Å². The van der Waals surface area contributed by atoms with Gasteiger partial charge in [-0.2, -0.15) is 5.26 Å². The predicted octanol–water partition coefficient (Wildman–Crippen LogP) is 3.92. The standard InChI is InChI=1S/C20H23N5O2S2/c1-11(2)7-15(10-26)22-17-16-18(25-20(27)29-16)24-19(23-17)28-12(3)14-6-4-5-13(8-14)9-21/h4-6,8,11-12,15,26H,7,10H2,1-3H3,(H2,22,23,24,25,27). The number of hydrogen-bond donors (Lipinski definition) is 3. The highest BCUT2D eigenvalue weighted by molar-refractivity contribution is 7.99. The van der Waals surface area contributed by atoms with Gasteiger partial charge in [-0.1, -0.05) is 49.1 Å². The van der Waals surface area contributed by atoms with Gasteiger partial charge in [0.05, 0.1) is 24.3 Å². The zero-order valence-corrected chi connectivity index (χ0v) is 18.1. The Hall–Kier alpha value is -2.41. The summed E-state index contributed by atoms with van der Waals surface area (Å²) < 4.78 is 0.653. The second kappa shape index (κ2) is 9.39. The van der Waals surface area contributed by atoms with Crippen LogP contribution in [0.3, 0.4) is 0 Å². The van der Waals surface area contributed by atoms with Crippen molar-refractivity contribution >= 4 is 39.3 Å². The molecule has 3 aromatic rings. The Kier molecular flexibility index (Phi) is 6.90. The number of nitrogens with zero attached hydrogens (tertiary/aromatic N) is 3. The molecule has 2 atom stereocenters. The van der Waals surface area contributed by atoms with E-state index in [1.165, 1.54) is 11.8 Å². The summed E-state index contributed by atoms with van der Waals surface area (Å²) in [4.78, 5) is 23.6. The van der Waals surface area contributed by atoms with Crippen LogP contribution in [-0.4, -0.2) is 32.7 Å². The van der Waals surface area contributed by atoms with Crippen LogP contribution < -0.4 is 10.2 Å². The maximum atomic E-state index is 11.9. The molecule has 0 saturated heterocycles.